The van der Waals surface area contributed by atoms with Gasteiger partial charge in [-0.2, -0.15) is 13.2 Å². The van der Waals surface area contributed by atoms with E-state index in [9.17, 15) is 36.0 Å². The third-order valence-electron chi connectivity index (χ3n) is 7.59. The largest absolute Gasteiger partial charge is 0.471 e. The number of benzene rings is 2. The molecule has 0 saturated carbocycles. The molecule has 2 aromatic rings. The minimum absolute atomic E-state index is 0.00473. The van der Waals surface area contributed by atoms with Gasteiger partial charge in [0.15, 0.2) is 0 Å². The molecule has 1 heterocycles. The van der Waals surface area contributed by atoms with Gasteiger partial charge in [0.05, 0.1) is 10.9 Å². The Morgan fingerprint density at radius 3 is 2.30 bits per heavy atom. The van der Waals surface area contributed by atoms with Crippen molar-refractivity contribution in [2.24, 2.45) is 0 Å². The van der Waals surface area contributed by atoms with Gasteiger partial charge in [0.1, 0.15) is 6.04 Å². The Labute approximate surface area is 256 Å². The molecule has 3 atom stereocenters. The Hall–Kier alpha value is -3.49. The van der Waals surface area contributed by atoms with Crippen molar-refractivity contribution < 1.29 is 36.0 Å². The Bertz CT molecular complexity index is 1350. The second-order valence-electron chi connectivity index (χ2n) is 10.7. The summed E-state index contributed by atoms with van der Waals surface area (Å²) in [6.07, 6.45) is -3.66. The molecule has 44 heavy (non-hydrogen) atoms. The number of carbonyl (C=O) groups excluding carboxylic acids is 3. The lowest BCUT2D eigenvalue weighted by atomic mass is 10.1. The van der Waals surface area contributed by atoms with Crippen LogP contribution < -0.4 is 15.4 Å². The molecule has 3 rings (SSSR count). The molecule has 0 unspecified atom stereocenters. The number of carbonyl (C=O) groups is 3. The predicted octanol–water partition coefficient (Wildman–Crippen LogP) is 2.46. The third kappa shape index (κ3) is 10.0. The average molecular weight is 640 g/mol. The molecule has 1 aliphatic heterocycles. The van der Waals surface area contributed by atoms with E-state index in [1.807, 2.05) is 0 Å². The molecule has 2 aromatic carbocycles. The number of likely N-dealkylation sites (N-methyl/N-ethyl adjacent to an activating group) is 1. The standard InChI is InChI=1S/C30H40F3N5O5S/c1-22(34-2)27(39)36-26(16-9-18-35-44(42,43)25-14-7-4-8-15-25)28(40)38-19-10-13-24(38)21-37(29(41)30(31,32)33)20-17-23-11-5-3-6-12-23/h3-8,11-12,14-15,22,24,26,34-35H,9-10,13,16-21H2,1-2H3,(H,36,39)/t22-,24-,26-/m0/s1. The van der Waals surface area contributed by atoms with Crippen molar-refractivity contribution >= 4 is 27.7 Å². The molecule has 3 amide bonds. The number of hydrogen-bond donors (Lipinski definition) is 3. The van der Waals surface area contributed by atoms with Crippen LogP contribution in [0.15, 0.2) is 65.6 Å². The first-order chi connectivity index (χ1) is 20.8. The maximum Gasteiger partial charge on any atom is 0.471 e. The zero-order valence-electron chi connectivity index (χ0n) is 24.8. The van der Waals surface area contributed by atoms with Crippen LogP contribution in [0.2, 0.25) is 0 Å². The van der Waals surface area contributed by atoms with E-state index in [-0.39, 0.29) is 50.3 Å². The van der Waals surface area contributed by atoms with Gasteiger partial charge in [-0.05, 0) is 63.8 Å². The summed E-state index contributed by atoms with van der Waals surface area (Å²) in [7, 11) is -2.19. The SMILES string of the molecule is CN[C@@H](C)C(=O)N[C@@H](CCCNS(=O)(=O)c1ccccc1)C(=O)N1CCC[C@H]1CN(CCc1ccccc1)C(=O)C(F)(F)F. The number of sulfonamides is 1. The van der Waals surface area contributed by atoms with E-state index in [2.05, 4.69) is 15.4 Å². The maximum absolute atomic E-state index is 13.8. The summed E-state index contributed by atoms with van der Waals surface area (Å²) in [6.45, 7) is 1.38. The fourth-order valence-electron chi connectivity index (χ4n) is 5.01. The van der Waals surface area contributed by atoms with Gasteiger partial charge in [-0.25, -0.2) is 13.1 Å². The van der Waals surface area contributed by atoms with Gasteiger partial charge < -0.3 is 20.4 Å². The molecule has 0 aromatic heterocycles. The van der Waals surface area contributed by atoms with Crippen molar-refractivity contribution in [3.05, 3.63) is 66.2 Å². The van der Waals surface area contributed by atoms with Gasteiger partial charge >= 0.3 is 12.1 Å². The van der Waals surface area contributed by atoms with Crippen LogP contribution in [0.25, 0.3) is 0 Å². The molecule has 1 saturated heterocycles. The minimum atomic E-state index is -5.07. The lowest BCUT2D eigenvalue weighted by Gasteiger charge is -2.33. The van der Waals surface area contributed by atoms with Crippen LogP contribution >= 0.6 is 0 Å². The minimum Gasteiger partial charge on any atom is -0.343 e. The summed E-state index contributed by atoms with van der Waals surface area (Å²) in [4.78, 5) is 41.1. The molecule has 3 N–H and O–H groups in total. The zero-order valence-corrected chi connectivity index (χ0v) is 25.7. The maximum atomic E-state index is 13.8. The number of hydrogen-bond acceptors (Lipinski definition) is 6. The molecule has 0 aliphatic carbocycles. The van der Waals surface area contributed by atoms with Crippen LogP contribution in [0.1, 0.15) is 38.2 Å². The van der Waals surface area contributed by atoms with Crippen LogP contribution in [0, 0.1) is 0 Å². The highest BCUT2D eigenvalue weighted by Crippen LogP contribution is 2.24. The molecule has 0 radical (unpaired) electrons. The second kappa shape index (κ2) is 16.0. The average Bonchev–Trinajstić information content (AvgIpc) is 3.48. The number of likely N-dealkylation sites (tertiary alicyclic amines) is 1. The van der Waals surface area contributed by atoms with Gasteiger partial charge in [0.2, 0.25) is 21.8 Å². The van der Waals surface area contributed by atoms with Crippen molar-refractivity contribution in [3.8, 4) is 0 Å². The van der Waals surface area contributed by atoms with Gasteiger partial charge in [0, 0.05) is 32.2 Å². The number of rotatable bonds is 15. The Kier molecular flexibility index (Phi) is 12.7. The summed E-state index contributed by atoms with van der Waals surface area (Å²) in [6, 6.07) is 14.3. The molecule has 0 spiro atoms. The molecular weight excluding hydrogens is 599 g/mol. The van der Waals surface area contributed by atoms with Gasteiger partial charge in [-0.3, -0.25) is 14.4 Å². The highest BCUT2D eigenvalue weighted by atomic mass is 32.2. The van der Waals surface area contributed by atoms with Crippen molar-refractivity contribution in [1.82, 2.24) is 25.2 Å². The second-order valence-corrected chi connectivity index (χ2v) is 12.5. The van der Waals surface area contributed by atoms with Crippen molar-refractivity contribution in [2.45, 2.75) is 68.2 Å². The lowest BCUT2D eigenvalue weighted by molar-refractivity contribution is -0.186. The molecular formula is C30H40F3N5O5S. The lowest BCUT2D eigenvalue weighted by Crippen LogP contribution is -2.55. The monoisotopic (exact) mass is 639 g/mol. The zero-order chi connectivity index (χ0) is 32.3. The number of alkyl halides is 3. The Balaban J connectivity index is 1.72. The van der Waals surface area contributed by atoms with E-state index < -0.39 is 52.0 Å². The van der Waals surface area contributed by atoms with E-state index in [0.29, 0.717) is 12.8 Å². The first kappa shape index (κ1) is 35.0. The normalized spacial score (nSPS) is 16.8. The smallest absolute Gasteiger partial charge is 0.343 e. The molecule has 0 bridgehead atoms. The van der Waals surface area contributed by atoms with Crippen LogP contribution in [0.4, 0.5) is 13.2 Å². The topological polar surface area (TPSA) is 128 Å². The molecule has 14 heteroatoms. The number of amides is 3. The number of nitrogens with zero attached hydrogens (tertiary/aromatic N) is 2. The summed E-state index contributed by atoms with van der Waals surface area (Å²) in [5.74, 6) is -2.91. The van der Waals surface area contributed by atoms with Crippen molar-refractivity contribution in [1.29, 1.82) is 0 Å². The number of nitrogens with one attached hydrogen (secondary N) is 3. The molecule has 1 aliphatic rings. The first-order valence-corrected chi connectivity index (χ1v) is 16.0. The van der Waals surface area contributed by atoms with E-state index in [0.717, 1.165) is 10.5 Å². The fourth-order valence-corrected chi connectivity index (χ4v) is 6.11. The third-order valence-corrected chi connectivity index (χ3v) is 9.07. The van der Waals surface area contributed by atoms with E-state index in [1.54, 1.807) is 62.5 Å². The Morgan fingerprint density at radius 1 is 1.05 bits per heavy atom. The van der Waals surface area contributed by atoms with Crippen LogP contribution in [-0.2, 0) is 30.8 Å². The number of halogens is 3. The van der Waals surface area contributed by atoms with Gasteiger partial charge in [-0.15, -0.1) is 0 Å². The quantitative estimate of drug-likeness (QED) is 0.257. The van der Waals surface area contributed by atoms with Crippen molar-refractivity contribution in [3.63, 3.8) is 0 Å². The van der Waals surface area contributed by atoms with E-state index in [4.69, 9.17) is 0 Å². The summed E-state index contributed by atoms with van der Waals surface area (Å²) in [5.41, 5.74) is 0.774. The molecule has 1 fully saturated rings. The Morgan fingerprint density at radius 2 is 1.68 bits per heavy atom. The molecule has 242 valence electrons. The molecule has 10 nitrogen and oxygen atoms in total. The van der Waals surface area contributed by atoms with E-state index >= 15 is 0 Å². The summed E-state index contributed by atoms with van der Waals surface area (Å²) in [5, 5.41) is 5.50. The predicted molar refractivity (Wildman–Crippen MR) is 159 cm³/mol. The van der Waals surface area contributed by atoms with Crippen LogP contribution in [0.5, 0.6) is 0 Å². The van der Waals surface area contributed by atoms with E-state index in [1.165, 1.54) is 17.0 Å². The van der Waals surface area contributed by atoms with Crippen LogP contribution in [-0.4, -0.2) is 93.5 Å². The van der Waals surface area contributed by atoms with Crippen LogP contribution in [0.3, 0.4) is 0 Å². The first-order valence-electron chi connectivity index (χ1n) is 14.6. The summed E-state index contributed by atoms with van der Waals surface area (Å²) < 4.78 is 68.2. The summed E-state index contributed by atoms with van der Waals surface area (Å²) >= 11 is 0. The highest BCUT2D eigenvalue weighted by molar-refractivity contribution is 7.89. The highest BCUT2D eigenvalue weighted by Gasteiger charge is 2.44. The van der Waals surface area contributed by atoms with Gasteiger partial charge in [-0.1, -0.05) is 48.5 Å². The van der Waals surface area contributed by atoms with Crippen molar-refractivity contribution in [2.75, 3.05) is 33.2 Å². The van der Waals surface area contributed by atoms with Gasteiger partial charge in [0.25, 0.3) is 0 Å². The fraction of sp³-hybridized carbons (Fsp3) is 0.500.